The van der Waals surface area contributed by atoms with E-state index in [1.54, 1.807) is 12.1 Å². The maximum absolute atomic E-state index is 10.8. The van der Waals surface area contributed by atoms with Crippen molar-refractivity contribution in [3.63, 3.8) is 0 Å². The fraction of sp³-hybridized carbons (Fsp3) is 0.333. The molecule has 92 valence electrons. The lowest BCUT2D eigenvalue weighted by Crippen LogP contribution is -2.20. The van der Waals surface area contributed by atoms with E-state index < -0.39 is 5.97 Å². The molecular weight excluding hydrogens is 220 g/mol. The van der Waals surface area contributed by atoms with Gasteiger partial charge in [-0.3, -0.25) is 9.59 Å². The van der Waals surface area contributed by atoms with E-state index in [4.69, 9.17) is 5.11 Å². The summed E-state index contributed by atoms with van der Waals surface area (Å²) in [5.74, 6) is -0.927. The van der Waals surface area contributed by atoms with Gasteiger partial charge in [-0.25, -0.2) is 0 Å². The molecule has 1 amide bonds. The van der Waals surface area contributed by atoms with Gasteiger partial charge in [-0.15, -0.1) is 0 Å². The van der Waals surface area contributed by atoms with E-state index in [-0.39, 0.29) is 12.3 Å². The molecule has 1 rings (SSSR count). The number of amides is 1. The van der Waals surface area contributed by atoms with Gasteiger partial charge in [0.25, 0.3) is 0 Å². The molecule has 1 aromatic carbocycles. The Bertz CT molecular complexity index is 401. The Morgan fingerprint density at radius 2 is 1.88 bits per heavy atom. The van der Waals surface area contributed by atoms with E-state index in [0.717, 1.165) is 11.4 Å². The van der Waals surface area contributed by atoms with Crippen LogP contribution in [0.1, 0.15) is 13.3 Å². The van der Waals surface area contributed by atoms with Gasteiger partial charge >= 0.3 is 5.97 Å². The third-order valence-electron chi connectivity index (χ3n) is 2.29. The van der Waals surface area contributed by atoms with Crippen molar-refractivity contribution >= 4 is 23.3 Å². The predicted molar refractivity (Wildman–Crippen MR) is 66.3 cm³/mol. The number of hydrogen-bond acceptors (Lipinski definition) is 3. The predicted octanol–water partition coefficient (Wildman–Crippen LogP) is 1.56. The minimum Gasteiger partial charge on any atom is -0.481 e. The smallest absolute Gasteiger partial charge is 0.305 e. The standard InChI is InChI=1S/C12H16N2O3/c1-9(15)13-10-3-5-11(6-4-10)14(2)8-7-12(16)17/h3-6H,7-8H2,1-2H3,(H,13,15)(H,16,17). The van der Waals surface area contributed by atoms with Gasteiger partial charge in [0.15, 0.2) is 0 Å². The number of nitrogens with zero attached hydrogens (tertiary/aromatic N) is 1. The maximum atomic E-state index is 10.8. The zero-order chi connectivity index (χ0) is 12.8. The molecule has 0 heterocycles. The van der Waals surface area contributed by atoms with Gasteiger partial charge in [-0.1, -0.05) is 0 Å². The minimum absolute atomic E-state index is 0.101. The number of anilines is 2. The van der Waals surface area contributed by atoms with Crippen LogP contribution in [-0.2, 0) is 9.59 Å². The summed E-state index contributed by atoms with van der Waals surface area (Å²) >= 11 is 0. The lowest BCUT2D eigenvalue weighted by Gasteiger charge is -2.18. The maximum Gasteiger partial charge on any atom is 0.305 e. The van der Waals surface area contributed by atoms with Gasteiger partial charge < -0.3 is 15.3 Å². The Hall–Kier alpha value is -2.04. The molecule has 5 nitrogen and oxygen atoms in total. The van der Waals surface area contributed by atoms with Gasteiger partial charge in [0.1, 0.15) is 0 Å². The van der Waals surface area contributed by atoms with Gasteiger partial charge in [-0.2, -0.15) is 0 Å². The topological polar surface area (TPSA) is 69.6 Å². The third-order valence-corrected chi connectivity index (χ3v) is 2.29. The zero-order valence-electron chi connectivity index (χ0n) is 9.93. The Morgan fingerprint density at radius 3 is 2.35 bits per heavy atom. The van der Waals surface area contributed by atoms with Gasteiger partial charge in [0, 0.05) is 31.9 Å². The molecule has 0 aliphatic heterocycles. The summed E-state index contributed by atoms with van der Waals surface area (Å²) < 4.78 is 0. The van der Waals surface area contributed by atoms with Crippen molar-refractivity contribution < 1.29 is 14.7 Å². The molecule has 0 atom stereocenters. The molecule has 0 saturated carbocycles. The number of hydrogen-bond donors (Lipinski definition) is 2. The van der Waals surface area contributed by atoms with Crippen molar-refractivity contribution in [3.05, 3.63) is 24.3 Å². The first kappa shape index (κ1) is 13.0. The number of carbonyl (C=O) groups is 2. The first-order valence-electron chi connectivity index (χ1n) is 5.29. The summed E-state index contributed by atoms with van der Waals surface area (Å²) in [6.07, 6.45) is 0.101. The number of rotatable bonds is 5. The monoisotopic (exact) mass is 236 g/mol. The zero-order valence-corrected chi connectivity index (χ0v) is 9.93. The lowest BCUT2D eigenvalue weighted by atomic mass is 10.2. The summed E-state index contributed by atoms with van der Waals surface area (Å²) in [4.78, 5) is 23.1. The van der Waals surface area contributed by atoms with Crippen molar-refractivity contribution in [1.29, 1.82) is 0 Å². The number of nitrogens with one attached hydrogen (secondary N) is 1. The largest absolute Gasteiger partial charge is 0.481 e. The van der Waals surface area contributed by atoms with Crippen LogP contribution < -0.4 is 10.2 Å². The normalized spacial score (nSPS) is 9.76. The van der Waals surface area contributed by atoms with Crippen LogP contribution in [0.3, 0.4) is 0 Å². The van der Waals surface area contributed by atoms with Gasteiger partial charge in [0.2, 0.25) is 5.91 Å². The van der Waals surface area contributed by atoms with E-state index in [2.05, 4.69) is 5.32 Å². The van der Waals surface area contributed by atoms with Crippen molar-refractivity contribution in [2.24, 2.45) is 0 Å². The van der Waals surface area contributed by atoms with Crippen LogP contribution in [0.4, 0.5) is 11.4 Å². The molecule has 0 aliphatic carbocycles. The van der Waals surface area contributed by atoms with Crippen molar-refractivity contribution in [2.75, 3.05) is 23.8 Å². The molecule has 0 saturated heterocycles. The average Bonchev–Trinajstić information content (AvgIpc) is 2.26. The second-order valence-electron chi connectivity index (χ2n) is 3.79. The number of benzene rings is 1. The quantitative estimate of drug-likeness (QED) is 0.814. The molecule has 0 spiro atoms. The van der Waals surface area contributed by atoms with Crippen LogP contribution in [0.15, 0.2) is 24.3 Å². The highest BCUT2D eigenvalue weighted by Crippen LogP contribution is 2.16. The third kappa shape index (κ3) is 4.55. The molecule has 0 aromatic heterocycles. The second-order valence-corrected chi connectivity index (χ2v) is 3.79. The van der Waals surface area contributed by atoms with Gasteiger partial charge in [0.05, 0.1) is 6.42 Å². The fourth-order valence-corrected chi connectivity index (χ4v) is 1.39. The first-order valence-corrected chi connectivity index (χ1v) is 5.29. The van der Waals surface area contributed by atoms with Gasteiger partial charge in [-0.05, 0) is 24.3 Å². The number of carboxylic acids is 1. The highest BCUT2D eigenvalue weighted by molar-refractivity contribution is 5.88. The van der Waals surface area contributed by atoms with Crippen molar-refractivity contribution in [2.45, 2.75) is 13.3 Å². The molecule has 0 bridgehead atoms. The molecule has 0 fully saturated rings. The molecular formula is C12H16N2O3. The van der Waals surface area contributed by atoms with Crippen LogP contribution >= 0.6 is 0 Å². The van der Waals surface area contributed by atoms with E-state index >= 15 is 0 Å². The van der Waals surface area contributed by atoms with Crippen LogP contribution in [0.5, 0.6) is 0 Å². The fourth-order valence-electron chi connectivity index (χ4n) is 1.39. The number of carboxylic acid groups (broad SMARTS) is 1. The molecule has 5 heteroatoms. The molecule has 0 unspecified atom stereocenters. The Balaban J connectivity index is 2.60. The molecule has 2 N–H and O–H groups in total. The van der Waals surface area contributed by atoms with E-state index in [1.807, 2.05) is 24.1 Å². The molecule has 0 aliphatic rings. The van der Waals surface area contributed by atoms with Crippen LogP contribution in [0, 0.1) is 0 Å². The molecule has 1 aromatic rings. The van der Waals surface area contributed by atoms with Crippen molar-refractivity contribution in [1.82, 2.24) is 0 Å². The Labute approximate surface area is 100 Å². The minimum atomic E-state index is -0.813. The van der Waals surface area contributed by atoms with E-state index in [1.165, 1.54) is 6.92 Å². The summed E-state index contributed by atoms with van der Waals surface area (Å²) in [5.41, 5.74) is 1.65. The van der Waals surface area contributed by atoms with E-state index in [9.17, 15) is 9.59 Å². The summed E-state index contributed by atoms with van der Waals surface area (Å²) in [5, 5.41) is 11.2. The number of aliphatic carboxylic acids is 1. The highest BCUT2D eigenvalue weighted by Gasteiger charge is 2.04. The summed E-state index contributed by atoms with van der Waals surface area (Å²) in [7, 11) is 1.83. The first-order chi connectivity index (χ1) is 7.99. The summed E-state index contributed by atoms with van der Waals surface area (Å²) in [6, 6.07) is 7.25. The molecule has 17 heavy (non-hydrogen) atoms. The number of carbonyl (C=O) groups excluding carboxylic acids is 1. The van der Waals surface area contributed by atoms with Crippen LogP contribution in [0.2, 0.25) is 0 Å². The van der Waals surface area contributed by atoms with Crippen LogP contribution in [-0.4, -0.2) is 30.6 Å². The Kier molecular flexibility index (Phi) is 4.51. The van der Waals surface area contributed by atoms with Crippen molar-refractivity contribution in [3.8, 4) is 0 Å². The summed E-state index contributed by atoms with van der Waals surface area (Å²) in [6.45, 7) is 1.90. The highest BCUT2D eigenvalue weighted by atomic mass is 16.4. The second kappa shape index (κ2) is 5.89. The lowest BCUT2D eigenvalue weighted by molar-refractivity contribution is -0.136. The molecule has 0 radical (unpaired) electrons. The SMILES string of the molecule is CC(=O)Nc1ccc(N(C)CCC(=O)O)cc1. The Morgan fingerprint density at radius 1 is 1.29 bits per heavy atom. The van der Waals surface area contributed by atoms with E-state index in [0.29, 0.717) is 6.54 Å². The average molecular weight is 236 g/mol. The van der Waals surface area contributed by atoms with Crippen LogP contribution in [0.25, 0.3) is 0 Å².